The van der Waals surface area contributed by atoms with Crippen LogP contribution in [0.2, 0.25) is 5.02 Å². The fourth-order valence-electron chi connectivity index (χ4n) is 1.76. The maximum atomic E-state index is 13.7. The van der Waals surface area contributed by atoms with E-state index >= 15 is 0 Å². The number of halogens is 2. The standard InChI is InChI=1S/C14H10ClFN2O3/c1-8-2-4-10(11(16)6-8)14(19)17-12-5-3-9(15)7-13(12)18(20)21/h2-7H,1H3,(H,17,19). The van der Waals surface area contributed by atoms with Gasteiger partial charge in [0.2, 0.25) is 0 Å². The fraction of sp³-hybridized carbons (Fsp3) is 0.0714. The third-order valence-corrected chi connectivity index (χ3v) is 3.01. The number of amides is 1. The van der Waals surface area contributed by atoms with E-state index in [-0.39, 0.29) is 22.0 Å². The van der Waals surface area contributed by atoms with E-state index < -0.39 is 16.6 Å². The van der Waals surface area contributed by atoms with Crippen LogP contribution in [0.25, 0.3) is 0 Å². The molecule has 0 atom stereocenters. The van der Waals surface area contributed by atoms with Gasteiger partial charge in [-0.25, -0.2) is 4.39 Å². The third kappa shape index (κ3) is 3.35. The first-order valence-electron chi connectivity index (χ1n) is 5.90. The van der Waals surface area contributed by atoms with Crippen LogP contribution in [0.4, 0.5) is 15.8 Å². The Morgan fingerprint density at radius 1 is 1.29 bits per heavy atom. The number of benzene rings is 2. The molecule has 0 heterocycles. The van der Waals surface area contributed by atoms with E-state index in [0.717, 1.165) is 6.07 Å². The van der Waals surface area contributed by atoms with Gasteiger partial charge in [-0.2, -0.15) is 0 Å². The molecule has 0 unspecified atom stereocenters. The molecule has 0 fully saturated rings. The number of carbonyl (C=O) groups is 1. The number of anilines is 1. The molecule has 0 saturated carbocycles. The van der Waals surface area contributed by atoms with Gasteiger partial charge in [0.15, 0.2) is 0 Å². The number of nitrogens with one attached hydrogen (secondary N) is 1. The Hall–Kier alpha value is -2.47. The van der Waals surface area contributed by atoms with Crippen molar-refractivity contribution in [3.8, 4) is 0 Å². The van der Waals surface area contributed by atoms with E-state index in [2.05, 4.69) is 5.32 Å². The predicted molar refractivity (Wildman–Crippen MR) is 77.2 cm³/mol. The molecule has 0 bridgehead atoms. The van der Waals surface area contributed by atoms with Crippen LogP contribution in [-0.2, 0) is 0 Å². The molecule has 0 aromatic heterocycles. The molecule has 0 aliphatic rings. The molecule has 21 heavy (non-hydrogen) atoms. The molecule has 7 heteroatoms. The number of hydrogen-bond acceptors (Lipinski definition) is 3. The van der Waals surface area contributed by atoms with Gasteiger partial charge in [0, 0.05) is 11.1 Å². The van der Waals surface area contributed by atoms with Crippen LogP contribution in [-0.4, -0.2) is 10.8 Å². The molecule has 2 aromatic rings. The average Bonchev–Trinajstić information content (AvgIpc) is 2.40. The predicted octanol–water partition coefficient (Wildman–Crippen LogP) is 3.95. The zero-order valence-electron chi connectivity index (χ0n) is 10.9. The summed E-state index contributed by atoms with van der Waals surface area (Å²) in [6, 6.07) is 7.92. The van der Waals surface area contributed by atoms with Gasteiger partial charge >= 0.3 is 0 Å². The summed E-state index contributed by atoms with van der Waals surface area (Å²) >= 11 is 5.68. The smallest absolute Gasteiger partial charge is 0.294 e. The minimum absolute atomic E-state index is 0.0469. The summed E-state index contributed by atoms with van der Waals surface area (Å²) in [5.74, 6) is -1.46. The van der Waals surface area contributed by atoms with Gasteiger partial charge in [0.1, 0.15) is 11.5 Å². The maximum absolute atomic E-state index is 13.7. The summed E-state index contributed by atoms with van der Waals surface area (Å²) in [5, 5.41) is 13.4. The van der Waals surface area contributed by atoms with Crippen LogP contribution in [0.5, 0.6) is 0 Å². The van der Waals surface area contributed by atoms with Crippen molar-refractivity contribution in [2.75, 3.05) is 5.32 Å². The number of nitro groups is 1. The monoisotopic (exact) mass is 308 g/mol. The Balaban J connectivity index is 2.34. The highest BCUT2D eigenvalue weighted by Gasteiger charge is 2.19. The Morgan fingerprint density at radius 3 is 2.62 bits per heavy atom. The van der Waals surface area contributed by atoms with E-state index in [1.165, 1.54) is 24.3 Å². The molecule has 0 radical (unpaired) electrons. The van der Waals surface area contributed by atoms with Crippen molar-refractivity contribution in [1.29, 1.82) is 0 Å². The quantitative estimate of drug-likeness (QED) is 0.689. The number of carbonyl (C=O) groups excluding carboxylic acids is 1. The van der Waals surface area contributed by atoms with Crippen LogP contribution < -0.4 is 5.32 Å². The first-order valence-corrected chi connectivity index (χ1v) is 6.27. The van der Waals surface area contributed by atoms with Gasteiger partial charge < -0.3 is 5.32 Å². The number of nitrogens with zero attached hydrogens (tertiary/aromatic N) is 1. The van der Waals surface area contributed by atoms with Crippen molar-refractivity contribution in [3.05, 3.63) is 68.5 Å². The Morgan fingerprint density at radius 2 is 2.00 bits per heavy atom. The lowest BCUT2D eigenvalue weighted by Gasteiger charge is -2.07. The van der Waals surface area contributed by atoms with Crippen molar-refractivity contribution in [2.45, 2.75) is 6.92 Å². The molecule has 5 nitrogen and oxygen atoms in total. The maximum Gasteiger partial charge on any atom is 0.294 e. The Kier molecular flexibility index (Phi) is 4.18. The molecule has 0 aliphatic heterocycles. The van der Waals surface area contributed by atoms with E-state index in [9.17, 15) is 19.3 Å². The molecule has 0 saturated heterocycles. The zero-order valence-corrected chi connectivity index (χ0v) is 11.6. The van der Waals surface area contributed by atoms with Crippen molar-refractivity contribution in [1.82, 2.24) is 0 Å². The summed E-state index contributed by atoms with van der Waals surface area (Å²) in [6.45, 7) is 1.69. The number of hydrogen-bond donors (Lipinski definition) is 1. The van der Waals surface area contributed by atoms with Crippen LogP contribution in [0.3, 0.4) is 0 Å². The first-order chi connectivity index (χ1) is 9.88. The van der Waals surface area contributed by atoms with E-state index in [0.29, 0.717) is 5.56 Å². The van der Waals surface area contributed by atoms with E-state index in [1.54, 1.807) is 13.0 Å². The highest BCUT2D eigenvalue weighted by atomic mass is 35.5. The lowest BCUT2D eigenvalue weighted by atomic mass is 10.1. The SMILES string of the molecule is Cc1ccc(C(=O)Nc2ccc(Cl)cc2[N+](=O)[O-])c(F)c1. The van der Waals surface area contributed by atoms with Crippen molar-refractivity contribution < 1.29 is 14.1 Å². The van der Waals surface area contributed by atoms with Crippen LogP contribution in [0.15, 0.2) is 36.4 Å². The number of rotatable bonds is 3. The highest BCUT2D eigenvalue weighted by molar-refractivity contribution is 6.31. The molecule has 0 aliphatic carbocycles. The second-order valence-corrected chi connectivity index (χ2v) is 4.79. The van der Waals surface area contributed by atoms with Gasteiger partial charge in [-0.3, -0.25) is 14.9 Å². The Bertz CT molecular complexity index is 734. The topological polar surface area (TPSA) is 72.2 Å². The molecule has 1 N–H and O–H groups in total. The molecule has 108 valence electrons. The zero-order chi connectivity index (χ0) is 15.6. The molecule has 0 spiro atoms. The lowest BCUT2D eigenvalue weighted by molar-refractivity contribution is -0.383. The average molecular weight is 309 g/mol. The molecular formula is C14H10ClFN2O3. The summed E-state index contributed by atoms with van der Waals surface area (Å²) in [7, 11) is 0. The Labute approximate surface area is 124 Å². The summed E-state index contributed by atoms with van der Waals surface area (Å²) < 4.78 is 13.7. The molecule has 2 rings (SSSR count). The minimum atomic E-state index is -0.766. The van der Waals surface area contributed by atoms with Crippen LogP contribution in [0, 0.1) is 22.9 Å². The minimum Gasteiger partial charge on any atom is -0.316 e. The van der Waals surface area contributed by atoms with Gasteiger partial charge in [0.25, 0.3) is 11.6 Å². The van der Waals surface area contributed by atoms with Gasteiger partial charge in [-0.1, -0.05) is 17.7 Å². The normalized spacial score (nSPS) is 10.2. The second-order valence-electron chi connectivity index (χ2n) is 4.36. The lowest BCUT2D eigenvalue weighted by Crippen LogP contribution is -2.14. The second kappa shape index (κ2) is 5.88. The highest BCUT2D eigenvalue weighted by Crippen LogP contribution is 2.28. The first kappa shape index (κ1) is 14.9. The third-order valence-electron chi connectivity index (χ3n) is 2.77. The van der Waals surface area contributed by atoms with Crippen LogP contribution in [0.1, 0.15) is 15.9 Å². The van der Waals surface area contributed by atoms with Crippen molar-refractivity contribution in [3.63, 3.8) is 0 Å². The van der Waals surface area contributed by atoms with Gasteiger partial charge in [-0.05, 0) is 36.8 Å². The fourth-order valence-corrected chi connectivity index (χ4v) is 1.92. The number of nitro benzene ring substituents is 1. The van der Waals surface area contributed by atoms with Gasteiger partial charge in [-0.15, -0.1) is 0 Å². The summed E-state index contributed by atoms with van der Waals surface area (Å²) in [5.41, 5.74) is 0.0733. The summed E-state index contributed by atoms with van der Waals surface area (Å²) in [6.07, 6.45) is 0. The van der Waals surface area contributed by atoms with E-state index in [1.807, 2.05) is 0 Å². The van der Waals surface area contributed by atoms with Crippen LogP contribution >= 0.6 is 11.6 Å². The van der Waals surface area contributed by atoms with Crippen molar-refractivity contribution >= 4 is 28.9 Å². The molecule has 2 aromatic carbocycles. The number of aryl methyl sites for hydroxylation is 1. The van der Waals surface area contributed by atoms with Gasteiger partial charge in [0.05, 0.1) is 10.5 Å². The largest absolute Gasteiger partial charge is 0.316 e. The molecular weight excluding hydrogens is 299 g/mol. The molecule has 1 amide bonds. The summed E-state index contributed by atoms with van der Waals surface area (Å²) in [4.78, 5) is 22.3. The van der Waals surface area contributed by atoms with Crippen molar-refractivity contribution in [2.24, 2.45) is 0 Å². The van der Waals surface area contributed by atoms with E-state index in [4.69, 9.17) is 11.6 Å².